The van der Waals surface area contributed by atoms with Gasteiger partial charge in [-0.25, -0.2) is 14.1 Å². The Balaban J connectivity index is 1.80. The molecular formula is C18H13ClFN5O3. The number of rotatable bonds is 5. The Morgan fingerprint density at radius 1 is 1.14 bits per heavy atom. The number of ether oxygens (including phenoxy) is 2. The molecule has 0 aliphatic carbocycles. The van der Waals surface area contributed by atoms with E-state index in [-0.39, 0.29) is 23.2 Å². The standard InChI is InChI=1S/C18H13ClFN5O3/c1-26-15-6-10(5-13(20)16(15)27-2)17-23-18(28-24-17)12-7-11(19)3-4-14(12)25-9-21-8-22-25/h3-9H,1-2H3. The fourth-order valence-corrected chi connectivity index (χ4v) is 2.88. The summed E-state index contributed by atoms with van der Waals surface area (Å²) in [7, 11) is 2.77. The van der Waals surface area contributed by atoms with Gasteiger partial charge in [-0.2, -0.15) is 10.1 Å². The van der Waals surface area contributed by atoms with Crippen molar-refractivity contribution in [1.82, 2.24) is 24.9 Å². The van der Waals surface area contributed by atoms with Gasteiger partial charge in [-0.15, -0.1) is 0 Å². The Morgan fingerprint density at radius 2 is 2.00 bits per heavy atom. The molecule has 0 atom stereocenters. The Bertz CT molecular complexity index is 1130. The maximum Gasteiger partial charge on any atom is 0.260 e. The third-order valence-electron chi connectivity index (χ3n) is 3.97. The quantitative estimate of drug-likeness (QED) is 0.502. The first kappa shape index (κ1) is 17.9. The lowest BCUT2D eigenvalue weighted by Crippen LogP contribution is -1.98. The third kappa shape index (κ3) is 3.16. The Hall–Kier alpha value is -3.46. The molecule has 4 aromatic rings. The van der Waals surface area contributed by atoms with Crippen molar-refractivity contribution in [2.24, 2.45) is 0 Å². The molecule has 2 heterocycles. The summed E-state index contributed by atoms with van der Waals surface area (Å²) < 4.78 is 31.4. The summed E-state index contributed by atoms with van der Waals surface area (Å²) in [5.74, 6) is -0.0139. The molecule has 0 aliphatic rings. The van der Waals surface area contributed by atoms with Gasteiger partial charge in [-0.1, -0.05) is 16.8 Å². The van der Waals surface area contributed by atoms with Gasteiger partial charge in [0.15, 0.2) is 17.3 Å². The van der Waals surface area contributed by atoms with Gasteiger partial charge in [-0.05, 0) is 30.3 Å². The molecule has 10 heteroatoms. The fourth-order valence-electron chi connectivity index (χ4n) is 2.71. The third-order valence-corrected chi connectivity index (χ3v) is 4.21. The first-order chi connectivity index (χ1) is 13.6. The lowest BCUT2D eigenvalue weighted by atomic mass is 10.1. The van der Waals surface area contributed by atoms with Crippen molar-refractivity contribution in [3.63, 3.8) is 0 Å². The molecule has 0 unspecified atom stereocenters. The van der Waals surface area contributed by atoms with E-state index in [1.807, 2.05) is 0 Å². The normalized spacial score (nSPS) is 10.9. The van der Waals surface area contributed by atoms with Crippen LogP contribution in [-0.4, -0.2) is 39.1 Å². The van der Waals surface area contributed by atoms with Crippen LogP contribution in [0, 0.1) is 5.82 Å². The van der Waals surface area contributed by atoms with Gasteiger partial charge >= 0.3 is 0 Å². The summed E-state index contributed by atoms with van der Waals surface area (Å²) >= 11 is 6.13. The van der Waals surface area contributed by atoms with Crippen molar-refractivity contribution in [3.05, 3.63) is 53.8 Å². The van der Waals surface area contributed by atoms with Crippen LogP contribution in [0.15, 0.2) is 47.5 Å². The molecule has 8 nitrogen and oxygen atoms in total. The van der Waals surface area contributed by atoms with E-state index in [1.54, 1.807) is 28.9 Å². The van der Waals surface area contributed by atoms with Gasteiger partial charge in [0.25, 0.3) is 5.89 Å². The number of halogens is 2. The average Bonchev–Trinajstić information content (AvgIpc) is 3.39. The molecule has 0 fully saturated rings. The highest BCUT2D eigenvalue weighted by Crippen LogP contribution is 2.35. The zero-order chi connectivity index (χ0) is 19.7. The molecule has 0 spiro atoms. The van der Waals surface area contributed by atoms with Crippen molar-refractivity contribution in [3.8, 4) is 40.0 Å². The summed E-state index contributed by atoms with van der Waals surface area (Å²) in [4.78, 5) is 8.31. The van der Waals surface area contributed by atoms with Crippen LogP contribution in [0.4, 0.5) is 4.39 Å². The molecule has 2 aromatic carbocycles. The smallest absolute Gasteiger partial charge is 0.260 e. The van der Waals surface area contributed by atoms with Gasteiger partial charge in [-0.3, -0.25) is 0 Å². The van der Waals surface area contributed by atoms with Crippen LogP contribution in [0.5, 0.6) is 11.5 Å². The maximum atomic E-state index is 14.3. The van der Waals surface area contributed by atoms with E-state index in [9.17, 15) is 4.39 Å². The monoisotopic (exact) mass is 401 g/mol. The van der Waals surface area contributed by atoms with E-state index < -0.39 is 5.82 Å². The second-order valence-electron chi connectivity index (χ2n) is 5.62. The molecule has 28 heavy (non-hydrogen) atoms. The minimum atomic E-state index is -0.603. The second kappa shape index (κ2) is 7.28. The summed E-state index contributed by atoms with van der Waals surface area (Å²) in [6.45, 7) is 0. The zero-order valence-corrected chi connectivity index (χ0v) is 15.5. The number of hydrogen-bond donors (Lipinski definition) is 0. The molecule has 0 radical (unpaired) electrons. The number of benzene rings is 2. The molecule has 0 aliphatic heterocycles. The van der Waals surface area contributed by atoms with Gasteiger partial charge in [0.05, 0.1) is 25.5 Å². The zero-order valence-electron chi connectivity index (χ0n) is 14.8. The van der Waals surface area contributed by atoms with E-state index in [0.29, 0.717) is 21.8 Å². The van der Waals surface area contributed by atoms with Crippen LogP contribution < -0.4 is 9.47 Å². The van der Waals surface area contributed by atoms with Gasteiger partial charge < -0.3 is 14.0 Å². The highest BCUT2D eigenvalue weighted by molar-refractivity contribution is 6.31. The number of hydrogen-bond acceptors (Lipinski definition) is 7. The van der Waals surface area contributed by atoms with Gasteiger partial charge in [0.1, 0.15) is 12.7 Å². The van der Waals surface area contributed by atoms with Gasteiger partial charge in [0, 0.05) is 10.6 Å². The number of methoxy groups -OCH3 is 2. The lowest BCUT2D eigenvalue weighted by Gasteiger charge is -2.09. The van der Waals surface area contributed by atoms with Crippen molar-refractivity contribution in [2.45, 2.75) is 0 Å². The number of nitrogens with zero attached hydrogens (tertiary/aromatic N) is 5. The van der Waals surface area contributed by atoms with Crippen molar-refractivity contribution in [1.29, 1.82) is 0 Å². The average molecular weight is 402 g/mol. The molecule has 0 N–H and O–H groups in total. The fraction of sp³-hybridized carbons (Fsp3) is 0.111. The second-order valence-corrected chi connectivity index (χ2v) is 6.05. The molecule has 0 saturated heterocycles. The van der Waals surface area contributed by atoms with Gasteiger partial charge in [0.2, 0.25) is 5.82 Å². The van der Waals surface area contributed by atoms with Crippen molar-refractivity contribution < 1.29 is 18.4 Å². The SMILES string of the molecule is COc1cc(-c2noc(-c3cc(Cl)ccc3-n3cncn3)n2)cc(F)c1OC. The van der Waals surface area contributed by atoms with Crippen molar-refractivity contribution >= 4 is 11.6 Å². The van der Waals surface area contributed by atoms with Crippen LogP contribution in [0.3, 0.4) is 0 Å². The first-order valence-corrected chi connectivity index (χ1v) is 8.39. The Morgan fingerprint density at radius 3 is 2.71 bits per heavy atom. The van der Waals surface area contributed by atoms with Crippen LogP contribution in [0.1, 0.15) is 0 Å². The van der Waals surface area contributed by atoms with Crippen molar-refractivity contribution in [2.75, 3.05) is 14.2 Å². The number of aromatic nitrogens is 5. The molecule has 0 bridgehead atoms. The van der Waals surface area contributed by atoms with Crippen LogP contribution in [0.2, 0.25) is 5.02 Å². The first-order valence-electron chi connectivity index (χ1n) is 8.01. The largest absolute Gasteiger partial charge is 0.493 e. The minimum absolute atomic E-state index is 0.00159. The molecule has 0 saturated carbocycles. The summed E-state index contributed by atoms with van der Waals surface area (Å²) in [5, 5.41) is 8.54. The predicted octanol–water partition coefficient (Wildman–Crippen LogP) is 3.79. The summed E-state index contributed by atoms with van der Waals surface area (Å²) in [5.41, 5.74) is 1.57. The Labute approximate surface area is 163 Å². The van der Waals surface area contributed by atoms with E-state index >= 15 is 0 Å². The Kier molecular flexibility index (Phi) is 4.66. The summed E-state index contributed by atoms with van der Waals surface area (Å²) in [6.07, 6.45) is 2.94. The predicted molar refractivity (Wildman–Crippen MR) is 98.2 cm³/mol. The maximum absolute atomic E-state index is 14.3. The highest BCUT2D eigenvalue weighted by atomic mass is 35.5. The highest BCUT2D eigenvalue weighted by Gasteiger charge is 2.19. The lowest BCUT2D eigenvalue weighted by molar-refractivity contribution is 0.337. The molecule has 2 aromatic heterocycles. The van der Waals surface area contributed by atoms with E-state index in [0.717, 1.165) is 0 Å². The van der Waals surface area contributed by atoms with Crippen LogP contribution in [-0.2, 0) is 0 Å². The topological polar surface area (TPSA) is 88.1 Å². The van der Waals surface area contributed by atoms with Crippen LogP contribution in [0.25, 0.3) is 28.5 Å². The molecule has 4 rings (SSSR count). The molecule has 142 valence electrons. The van der Waals surface area contributed by atoms with E-state index in [2.05, 4.69) is 20.2 Å². The minimum Gasteiger partial charge on any atom is -0.493 e. The van der Waals surface area contributed by atoms with E-state index in [1.165, 1.54) is 32.9 Å². The van der Waals surface area contributed by atoms with Crippen LogP contribution >= 0.6 is 11.6 Å². The van der Waals surface area contributed by atoms with E-state index in [4.69, 9.17) is 25.6 Å². The summed E-state index contributed by atoms with van der Waals surface area (Å²) in [6, 6.07) is 7.94. The molecular weight excluding hydrogens is 389 g/mol. The molecule has 0 amide bonds.